The van der Waals surface area contributed by atoms with Gasteiger partial charge >= 0.3 is 0 Å². The highest BCUT2D eigenvalue weighted by atomic mass is 35.5. The minimum absolute atomic E-state index is 0.189. The van der Waals surface area contributed by atoms with Crippen LogP contribution in [-0.2, 0) is 4.79 Å². The number of hydrogen-bond acceptors (Lipinski definition) is 4. The zero-order chi connectivity index (χ0) is 27.5. The van der Waals surface area contributed by atoms with Gasteiger partial charge in [0.1, 0.15) is 6.04 Å². The maximum absolute atomic E-state index is 13.5. The number of halogens is 1. The molecule has 5 N–H and O–H groups in total. The second-order valence-electron chi connectivity index (χ2n) is 8.74. The van der Waals surface area contributed by atoms with E-state index >= 15 is 0 Å². The largest absolute Gasteiger partial charge is 0.366 e. The first kappa shape index (κ1) is 25.5. The van der Waals surface area contributed by atoms with E-state index < -0.39 is 23.8 Å². The number of carbonyl (C=O) groups excluding carboxylic acids is 3. The molecule has 0 spiro atoms. The van der Waals surface area contributed by atoms with E-state index in [1.165, 1.54) is 22.8 Å². The predicted octanol–water partition coefficient (Wildman–Crippen LogP) is 4.18. The summed E-state index contributed by atoms with van der Waals surface area (Å²) in [4.78, 5) is 53.6. The molecule has 5 aromatic rings. The lowest BCUT2D eigenvalue weighted by Crippen LogP contribution is -2.37. The molecule has 0 radical (unpaired) electrons. The van der Waals surface area contributed by atoms with Crippen LogP contribution in [0.15, 0.2) is 102 Å². The van der Waals surface area contributed by atoms with Gasteiger partial charge in [-0.05, 0) is 60.2 Å². The molecule has 10 heteroatoms. The molecule has 0 bridgehead atoms. The molecule has 3 amide bonds. The summed E-state index contributed by atoms with van der Waals surface area (Å²) >= 11 is 6.14. The molecular formula is C29H22ClN5O4. The van der Waals surface area contributed by atoms with E-state index in [1.807, 2.05) is 0 Å². The number of nitrogens with zero attached hydrogens (tertiary/aromatic N) is 1. The number of H-pyrrole nitrogens is 1. The van der Waals surface area contributed by atoms with Crippen LogP contribution in [-0.4, -0.2) is 27.3 Å². The van der Waals surface area contributed by atoms with Gasteiger partial charge in [0, 0.05) is 51.9 Å². The summed E-state index contributed by atoms with van der Waals surface area (Å²) in [6, 6.07) is 21.5. The van der Waals surface area contributed by atoms with Crippen LogP contribution in [0.25, 0.3) is 16.6 Å². The van der Waals surface area contributed by atoms with Gasteiger partial charge in [-0.25, -0.2) is 0 Å². The fraction of sp³-hybridized carbons (Fsp3) is 0.0345. The summed E-state index contributed by atoms with van der Waals surface area (Å²) in [6.07, 6.45) is 3.27. The molecule has 0 aliphatic heterocycles. The number of primary amides is 1. The monoisotopic (exact) mass is 539 g/mol. The first-order valence-corrected chi connectivity index (χ1v) is 12.2. The van der Waals surface area contributed by atoms with Gasteiger partial charge in [0.15, 0.2) is 0 Å². The van der Waals surface area contributed by atoms with Gasteiger partial charge in [-0.2, -0.15) is 0 Å². The first-order valence-electron chi connectivity index (χ1n) is 11.9. The van der Waals surface area contributed by atoms with E-state index in [0.717, 1.165) is 5.39 Å². The van der Waals surface area contributed by atoms with Crippen molar-refractivity contribution < 1.29 is 14.4 Å². The molecule has 0 saturated carbocycles. The molecule has 3 aromatic carbocycles. The smallest absolute Gasteiger partial charge is 0.255 e. The van der Waals surface area contributed by atoms with Crippen molar-refractivity contribution in [2.75, 3.05) is 5.32 Å². The molecule has 1 unspecified atom stereocenters. The molecule has 2 aromatic heterocycles. The molecule has 9 nitrogen and oxygen atoms in total. The number of rotatable bonds is 7. The molecule has 194 valence electrons. The molecular weight excluding hydrogens is 518 g/mol. The summed E-state index contributed by atoms with van der Waals surface area (Å²) < 4.78 is 1.47. The number of benzene rings is 3. The molecule has 0 aliphatic carbocycles. The van der Waals surface area contributed by atoms with Crippen molar-refractivity contribution in [3.8, 4) is 5.69 Å². The second-order valence-corrected chi connectivity index (χ2v) is 9.15. The maximum atomic E-state index is 13.5. The van der Waals surface area contributed by atoms with Gasteiger partial charge in [0.25, 0.3) is 17.4 Å². The molecule has 0 fully saturated rings. The Labute approximate surface area is 227 Å². The number of aromatic amines is 1. The Morgan fingerprint density at radius 1 is 0.897 bits per heavy atom. The third-order valence-electron chi connectivity index (χ3n) is 6.17. The van der Waals surface area contributed by atoms with Gasteiger partial charge in [-0.3, -0.25) is 23.7 Å². The quantitative estimate of drug-likeness (QED) is 0.246. The predicted molar refractivity (Wildman–Crippen MR) is 149 cm³/mol. The van der Waals surface area contributed by atoms with E-state index in [-0.39, 0.29) is 11.1 Å². The van der Waals surface area contributed by atoms with Crippen LogP contribution in [0.4, 0.5) is 5.69 Å². The SMILES string of the molecule is NC(=O)c1cccc(C(NC(=O)c2ccc3c(Cl)c[nH]c3c2)C(=O)Nc2ccc(-n3ccccc3=O)cc2)c1. The first-order chi connectivity index (χ1) is 18.8. The van der Waals surface area contributed by atoms with Crippen LogP contribution in [0.2, 0.25) is 5.02 Å². The highest BCUT2D eigenvalue weighted by molar-refractivity contribution is 6.35. The van der Waals surface area contributed by atoms with Crippen molar-refractivity contribution in [3.05, 3.63) is 129 Å². The summed E-state index contributed by atoms with van der Waals surface area (Å²) in [7, 11) is 0. The number of fused-ring (bicyclic) bond motifs is 1. The zero-order valence-corrected chi connectivity index (χ0v) is 21.1. The number of pyridine rings is 1. The van der Waals surface area contributed by atoms with E-state index in [2.05, 4.69) is 15.6 Å². The molecule has 39 heavy (non-hydrogen) atoms. The highest BCUT2D eigenvalue weighted by Crippen LogP contribution is 2.25. The zero-order valence-electron chi connectivity index (χ0n) is 20.4. The van der Waals surface area contributed by atoms with Crippen molar-refractivity contribution in [1.29, 1.82) is 0 Å². The number of carbonyl (C=O) groups is 3. The van der Waals surface area contributed by atoms with Crippen LogP contribution < -0.4 is 21.9 Å². The van der Waals surface area contributed by atoms with Gasteiger partial charge in [0.05, 0.1) is 5.02 Å². The summed E-state index contributed by atoms with van der Waals surface area (Å²) in [5, 5.41) is 6.84. The van der Waals surface area contributed by atoms with Crippen LogP contribution in [0, 0.1) is 0 Å². The van der Waals surface area contributed by atoms with Gasteiger partial charge < -0.3 is 21.4 Å². The number of nitrogens with one attached hydrogen (secondary N) is 3. The number of nitrogens with two attached hydrogens (primary N) is 1. The lowest BCUT2D eigenvalue weighted by molar-refractivity contribution is -0.118. The Kier molecular flexibility index (Phi) is 6.98. The Morgan fingerprint density at radius 2 is 1.69 bits per heavy atom. The molecule has 1 atom stereocenters. The summed E-state index contributed by atoms with van der Waals surface area (Å²) in [6.45, 7) is 0. The van der Waals surface area contributed by atoms with Crippen LogP contribution >= 0.6 is 11.6 Å². The summed E-state index contributed by atoms with van der Waals surface area (Å²) in [5.74, 6) is -1.72. The molecule has 0 saturated heterocycles. The van der Waals surface area contributed by atoms with Crippen LogP contribution in [0.1, 0.15) is 32.3 Å². The summed E-state index contributed by atoms with van der Waals surface area (Å²) in [5.41, 5.74) is 7.86. The topological polar surface area (TPSA) is 139 Å². The number of amides is 3. The minimum atomic E-state index is -1.16. The molecule has 2 heterocycles. The van der Waals surface area contributed by atoms with Crippen molar-refractivity contribution in [3.63, 3.8) is 0 Å². The normalized spacial score (nSPS) is 11.6. The highest BCUT2D eigenvalue weighted by Gasteiger charge is 2.25. The fourth-order valence-electron chi connectivity index (χ4n) is 4.18. The van der Waals surface area contributed by atoms with Crippen molar-refractivity contribution in [1.82, 2.24) is 14.9 Å². The van der Waals surface area contributed by atoms with Crippen molar-refractivity contribution in [2.45, 2.75) is 6.04 Å². The molecule has 5 rings (SSSR count). The number of hydrogen-bond donors (Lipinski definition) is 4. The fourth-order valence-corrected chi connectivity index (χ4v) is 4.40. The van der Waals surface area contributed by atoms with Crippen LogP contribution in [0.3, 0.4) is 0 Å². The van der Waals surface area contributed by atoms with E-state index in [1.54, 1.807) is 79.1 Å². The maximum Gasteiger partial charge on any atom is 0.255 e. The lowest BCUT2D eigenvalue weighted by Gasteiger charge is -2.20. The number of anilines is 1. The third-order valence-corrected chi connectivity index (χ3v) is 6.48. The van der Waals surface area contributed by atoms with E-state index in [9.17, 15) is 19.2 Å². The Morgan fingerprint density at radius 3 is 2.44 bits per heavy atom. The number of aromatic nitrogens is 2. The van der Waals surface area contributed by atoms with Crippen molar-refractivity contribution in [2.24, 2.45) is 5.73 Å². The van der Waals surface area contributed by atoms with Gasteiger partial charge in [0.2, 0.25) is 5.91 Å². The van der Waals surface area contributed by atoms with Crippen LogP contribution in [0.5, 0.6) is 0 Å². The Hall–Kier alpha value is -5.15. The third kappa shape index (κ3) is 5.43. The van der Waals surface area contributed by atoms with E-state index in [4.69, 9.17) is 17.3 Å². The average molecular weight is 540 g/mol. The van der Waals surface area contributed by atoms with Crippen molar-refractivity contribution >= 4 is 45.9 Å². The molecule has 0 aliphatic rings. The lowest BCUT2D eigenvalue weighted by atomic mass is 10.0. The standard InChI is InChI=1S/C29H22ClN5O4/c30-23-16-32-24-15-19(7-12-22(23)24)28(38)34-26(17-4-3-5-18(14-17)27(31)37)29(39)33-20-8-10-21(11-9-20)35-13-2-1-6-25(35)36/h1-16,26,32H,(H2,31,37)(H,33,39)(H,34,38). The van der Waals surface area contributed by atoms with E-state index in [0.29, 0.717) is 33.0 Å². The average Bonchev–Trinajstić information content (AvgIpc) is 3.32. The Balaban J connectivity index is 1.42. The van der Waals surface area contributed by atoms with Gasteiger partial charge in [-0.15, -0.1) is 0 Å². The Bertz CT molecular complexity index is 1770. The van der Waals surface area contributed by atoms with Gasteiger partial charge in [-0.1, -0.05) is 35.9 Å². The minimum Gasteiger partial charge on any atom is -0.366 e. The second kappa shape index (κ2) is 10.7.